The summed E-state index contributed by atoms with van der Waals surface area (Å²) in [5.41, 5.74) is 7.81. The van der Waals surface area contributed by atoms with Crippen LogP contribution in [-0.4, -0.2) is 31.9 Å². The smallest absolute Gasteiger partial charge is 0.475 e. The molecular weight excluding hydrogens is 336 g/mol. The predicted molar refractivity (Wildman–Crippen MR) is 102 cm³/mol. The molecule has 25 heavy (non-hydrogen) atoms. The molecule has 1 aromatic carbocycles. The highest BCUT2D eigenvalue weighted by Crippen LogP contribution is 2.65. The zero-order chi connectivity index (χ0) is 17.1. The summed E-state index contributed by atoms with van der Waals surface area (Å²) in [6.45, 7) is 6.99. The van der Waals surface area contributed by atoms with Crippen LogP contribution in [0.4, 0.5) is 0 Å². The van der Waals surface area contributed by atoms with Crippen LogP contribution in [0, 0.1) is 17.3 Å². The zero-order valence-electron chi connectivity index (χ0n) is 15.5. The minimum atomic E-state index is -0.308. The summed E-state index contributed by atoms with van der Waals surface area (Å²) in [7, 11) is 1.37. The van der Waals surface area contributed by atoms with Crippen LogP contribution in [-0.2, 0) is 15.7 Å². The Balaban J connectivity index is 0.00000182. The molecule has 2 N–H and O–H groups in total. The molecule has 1 aliphatic heterocycles. The van der Waals surface area contributed by atoms with E-state index < -0.39 is 0 Å². The predicted octanol–water partition coefficient (Wildman–Crippen LogP) is 3.25. The number of nitrogens with two attached hydrogens (primary N) is 1. The van der Waals surface area contributed by atoms with E-state index >= 15 is 0 Å². The van der Waals surface area contributed by atoms with Gasteiger partial charge < -0.3 is 19.8 Å². The van der Waals surface area contributed by atoms with Crippen molar-refractivity contribution in [3.05, 3.63) is 29.8 Å². The number of methoxy groups -OCH3 is 1. The average Bonchev–Trinajstić information content (AvgIpc) is 2.92. The number of ether oxygens (including phenoxy) is 1. The first-order chi connectivity index (χ1) is 11.3. The highest BCUT2D eigenvalue weighted by atomic mass is 35.5. The second kappa shape index (κ2) is 6.45. The van der Waals surface area contributed by atoms with Gasteiger partial charge in [0.1, 0.15) is 5.75 Å². The van der Waals surface area contributed by atoms with Crippen molar-refractivity contribution in [3.8, 4) is 5.75 Å². The fourth-order valence-electron chi connectivity index (χ4n) is 5.21. The monoisotopic (exact) mass is 365 g/mol. The van der Waals surface area contributed by atoms with E-state index in [1.165, 1.54) is 12.0 Å². The molecule has 0 radical (unpaired) electrons. The molecule has 1 heterocycles. The van der Waals surface area contributed by atoms with E-state index in [0.29, 0.717) is 11.3 Å². The van der Waals surface area contributed by atoms with Crippen LogP contribution in [0.1, 0.15) is 39.2 Å². The standard InChI is InChI=1S/C19H28BNO3.ClH/c1-18(2)13-10-15(18)19(3)16(11-13)23-20(24-19)17(21)9-12-5-7-14(22-4)8-6-12;/h5-8,13,15-17H,9-11,21H2,1-4H3;1H/t13-,15-,16+,17?,19-;/m0./s1. The van der Waals surface area contributed by atoms with Gasteiger partial charge in [-0.1, -0.05) is 26.0 Å². The third-order valence-corrected chi connectivity index (χ3v) is 6.95. The van der Waals surface area contributed by atoms with E-state index in [1.807, 2.05) is 12.1 Å². The Hall–Kier alpha value is -0.745. The molecule has 4 aliphatic rings. The maximum Gasteiger partial charge on any atom is 0.475 e. The SMILES string of the molecule is COc1ccc(CC(N)B2O[C@@H]3C[C@@H]4C[C@@H](C4(C)C)[C@]3(C)O2)cc1.Cl. The topological polar surface area (TPSA) is 53.7 Å². The third kappa shape index (κ3) is 2.89. The molecule has 3 saturated carbocycles. The summed E-state index contributed by atoms with van der Waals surface area (Å²) in [6, 6.07) is 8.05. The van der Waals surface area contributed by atoms with E-state index in [4.69, 9.17) is 19.8 Å². The molecule has 1 unspecified atom stereocenters. The molecule has 2 bridgehead atoms. The second-order valence-electron chi connectivity index (χ2n) is 8.55. The van der Waals surface area contributed by atoms with Gasteiger partial charge in [-0.15, -0.1) is 12.4 Å². The lowest BCUT2D eigenvalue weighted by Gasteiger charge is -2.64. The van der Waals surface area contributed by atoms with Gasteiger partial charge in [0.15, 0.2) is 0 Å². The minimum Gasteiger partial charge on any atom is -0.497 e. The van der Waals surface area contributed by atoms with E-state index in [9.17, 15) is 0 Å². The van der Waals surface area contributed by atoms with E-state index in [1.54, 1.807) is 7.11 Å². The van der Waals surface area contributed by atoms with Crippen molar-refractivity contribution >= 4 is 19.5 Å². The summed E-state index contributed by atoms with van der Waals surface area (Å²) in [4.78, 5) is 0. The Bertz CT molecular complexity index is 626. The van der Waals surface area contributed by atoms with Gasteiger partial charge in [0.05, 0.1) is 18.8 Å². The molecule has 1 aromatic rings. The van der Waals surface area contributed by atoms with Crippen LogP contribution >= 0.6 is 12.4 Å². The normalized spacial score (nSPS) is 36.0. The van der Waals surface area contributed by atoms with E-state index in [0.717, 1.165) is 24.5 Å². The van der Waals surface area contributed by atoms with Crippen LogP contribution in [0.3, 0.4) is 0 Å². The minimum absolute atomic E-state index is 0. The molecule has 3 aliphatic carbocycles. The van der Waals surface area contributed by atoms with E-state index in [2.05, 4.69) is 32.9 Å². The van der Waals surface area contributed by atoms with Crippen LogP contribution in [0.5, 0.6) is 5.75 Å². The van der Waals surface area contributed by atoms with Crippen LogP contribution in [0.2, 0.25) is 0 Å². The van der Waals surface area contributed by atoms with Gasteiger partial charge in [0.25, 0.3) is 0 Å². The molecule has 138 valence electrons. The lowest BCUT2D eigenvalue weighted by Crippen LogP contribution is -2.65. The van der Waals surface area contributed by atoms with Crippen LogP contribution in [0.15, 0.2) is 24.3 Å². The van der Waals surface area contributed by atoms with Crippen LogP contribution in [0.25, 0.3) is 0 Å². The van der Waals surface area contributed by atoms with Gasteiger partial charge in [-0.3, -0.25) is 0 Å². The van der Waals surface area contributed by atoms with Crippen molar-refractivity contribution < 1.29 is 14.0 Å². The Morgan fingerprint density at radius 3 is 2.52 bits per heavy atom. The quantitative estimate of drug-likeness (QED) is 0.832. The van der Waals surface area contributed by atoms with Gasteiger partial charge >= 0.3 is 7.12 Å². The van der Waals surface area contributed by atoms with E-state index in [-0.39, 0.29) is 37.2 Å². The molecule has 4 fully saturated rings. The summed E-state index contributed by atoms with van der Waals surface area (Å²) >= 11 is 0. The Morgan fingerprint density at radius 1 is 1.24 bits per heavy atom. The summed E-state index contributed by atoms with van der Waals surface area (Å²) in [6.07, 6.45) is 3.31. The van der Waals surface area contributed by atoms with Gasteiger partial charge in [-0.2, -0.15) is 0 Å². The summed E-state index contributed by atoms with van der Waals surface area (Å²) in [5, 5.41) is 0. The Labute approximate surface area is 157 Å². The fourth-order valence-corrected chi connectivity index (χ4v) is 5.21. The second-order valence-corrected chi connectivity index (χ2v) is 8.55. The molecule has 0 spiro atoms. The van der Waals surface area contributed by atoms with Crippen molar-refractivity contribution in [1.82, 2.24) is 0 Å². The Morgan fingerprint density at radius 2 is 1.92 bits per heavy atom. The number of halogens is 1. The summed E-state index contributed by atoms with van der Waals surface area (Å²) in [5.74, 6) is 2.05. The lowest BCUT2D eigenvalue weighted by molar-refractivity contribution is -0.199. The molecule has 1 saturated heterocycles. The summed E-state index contributed by atoms with van der Waals surface area (Å²) < 4.78 is 17.9. The van der Waals surface area contributed by atoms with Crippen molar-refractivity contribution in [2.75, 3.05) is 7.11 Å². The molecule has 0 aromatic heterocycles. The third-order valence-electron chi connectivity index (χ3n) is 6.95. The maximum absolute atomic E-state index is 6.45. The van der Waals surface area contributed by atoms with Gasteiger partial charge in [0, 0.05) is 5.94 Å². The fraction of sp³-hybridized carbons (Fsp3) is 0.684. The first-order valence-electron chi connectivity index (χ1n) is 9.06. The maximum atomic E-state index is 6.45. The number of hydrogen-bond donors (Lipinski definition) is 1. The Kier molecular flexibility index (Phi) is 4.91. The molecule has 0 amide bonds. The molecule has 5 atom stereocenters. The van der Waals surface area contributed by atoms with Gasteiger partial charge in [-0.05, 0) is 61.1 Å². The number of rotatable bonds is 4. The van der Waals surface area contributed by atoms with Crippen molar-refractivity contribution in [3.63, 3.8) is 0 Å². The first kappa shape index (κ1) is 19.0. The highest BCUT2D eigenvalue weighted by molar-refractivity contribution is 6.47. The number of benzene rings is 1. The molecule has 5 rings (SSSR count). The first-order valence-corrected chi connectivity index (χ1v) is 9.06. The van der Waals surface area contributed by atoms with Crippen molar-refractivity contribution in [2.45, 2.75) is 57.7 Å². The van der Waals surface area contributed by atoms with Gasteiger partial charge in [0.2, 0.25) is 0 Å². The highest BCUT2D eigenvalue weighted by Gasteiger charge is 2.68. The molecular formula is C19H29BClNO3. The zero-order valence-corrected chi connectivity index (χ0v) is 16.3. The molecule has 6 heteroatoms. The van der Waals surface area contributed by atoms with Crippen molar-refractivity contribution in [2.24, 2.45) is 23.0 Å². The lowest BCUT2D eigenvalue weighted by atomic mass is 9.43. The molecule has 4 nitrogen and oxygen atoms in total. The number of hydrogen-bond acceptors (Lipinski definition) is 4. The van der Waals surface area contributed by atoms with Gasteiger partial charge in [-0.25, -0.2) is 0 Å². The largest absolute Gasteiger partial charge is 0.497 e. The van der Waals surface area contributed by atoms with Crippen LogP contribution < -0.4 is 10.5 Å². The average molecular weight is 366 g/mol. The van der Waals surface area contributed by atoms with Crippen molar-refractivity contribution in [1.29, 1.82) is 0 Å².